The SMILES string of the molecule is C[C@H]1C(=O)CC[C@@]2(C)c3nc(-c4ccncc4)nc(-c4ccccc4)c3CC[C@H]12. The van der Waals surface area contributed by atoms with Crippen molar-refractivity contribution in [1.82, 2.24) is 15.0 Å². The van der Waals surface area contributed by atoms with Crippen LogP contribution in [0, 0.1) is 11.8 Å². The Morgan fingerprint density at radius 3 is 2.48 bits per heavy atom. The molecule has 0 spiro atoms. The summed E-state index contributed by atoms with van der Waals surface area (Å²) in [4.78, 5) is 26.7. The van der Waals surface area contributed by atoms with Crippen molar-refractivity contribution in [2.24, 2.45) is 11.8 Å². The van der Waals surface area contributed by atoms with Crippen molar-refractivity contribution in [1.29, 1.82) is 0 Å². The fourth-order valence-corrected chi connectivity index (χ4v) is 5.39. The number of carbonyl (C=O) groups is 1. The highest BCUT2D eigenvalue weighted by molar-refractivity contribution is 5.83. The van der Waals surface area contributed by atoms with Gasteiger partial charge < -0.3 is 0 Å². The molecule has 0 aliphatic heterocycles. The molecule has 2 aromatic heterocycles. The minimum absolute atomic E-state index is 0.0881. The molecule has 146 valence electrons. The summed E-state index contributed by atoms with van der Waals surface area (Å²) in [6.45, 7) is 4.43. The highest BCUT2D eigenvalue weighted by atomic mass is 16.1. The van der Waals surface area contributed by atoms with Gasteiger partial charge in [-0.15, -0.1) is 0 Å². The van der Waals surface area contributed by atoms with Gasteiger partial charge in [0.25, 0.3) is 0 Å². The third kappa shape index (κ3) is 2.89. The normalized spacial score (nSPS) is 25.9. The molecule has 0 saturated heterocycles. The highest BCUT2D eigenvalue weighted by Gasteiger charge is 2.49. The fraction of sp³-hybridized carbons (Fsp3) is 0.360. The molecule has 0 N–H and O–H groups in total. The van der Waals surface area contributed by atoms with E-state index >= 15 is 0 Å². The second-order valence-corrected chi connectivity index (χ2v) is 8.64. The van der Waals surface area contributed by atoms with Gasteiger partial charge in [-0.2, -0.15) is 0 Å². The Balaban J connectivity index is 1.75. The molecule has 1 saturated carbocycles. The van der Waals surface area contributed by atoms with Gasteiger partial charge in [-0.1, -0.05) is 44.2 Å². The lowest BCUT2D eigenvalue weighted by molar-refractivity contribution is -0.128. The zero-order chi connectivity index (χ0) is 20.0. The van der Waals surface area contributed by atoms with Crippen LogP contribution in [0.4, 0.5) is 0 Å². The largest absolute Gasteiger partial charge is 0.299 e. The van der Waals surface area contributed by atoms with Gasteiger partial charge in [0.1, 0.15) is 5.78 Å². The number of pyridine rings is 1. The van der Waals surface area contributed by atoms with Crippen LogP contribution in [0.5, 0.6) is 0 Å². The van der Waals surface area contributed by atoms with Crippen molar-refractivity contribution in [3.63, 3.8) is 0 Å². The van der Waals surface area contributed by atoms with Gasteiger partial charge in [-0.05, 0) is 37.3 Å². The maximum absolute atomic E-state index is 12.4. The third-order valence-electron chi connectivity index (χ3n) is 7.06. The number of hydrogen-bond donors (Lipinski definition) is 0. The van der Waals surface area contributed by atoms with E-state index in [0.29, 0.717) is 18.1 Å². The van der Waals surface area contributed by atoms with Gasteiger partial charge in [-0.25, -0.2) is 9.97 Å². The Hall–Kier alpha value is -2.88. The number of nitrogens with zero attached hydrogens (tertiary/aromatic N) is 3. The molecular formula is C25H25N3O. The van der Waals surface area contributed by atoms with E-state index in [-0.39, 0.29) is 11.3 Å². The Morgan fingerprint density at radius 1 is 0.966 bits per heavy atom. The number of rotatable bonds is 2. The first kappa shape index (κ1) is 18.2. The first-order valence-corrected chi connectivity index (χ1v) is 10.5. The van der Waals surface area contributed by atoms with Crippen LogP contribution in [0.2, 0.25) is 0 Å². The van der Waals surface area contributed by atoms with Crippen LogP contribution in [0.1, 0.15) is 44.4 Å². The van der Waals surface area contributed by atoms with Gasteiger partial charge in [0.05, 0.1) is 11.4 Å². The first-order chi connectivity index (χ1) is 14.1. The van der Waals surface area contributed by atoms with E-state index in [2.05, 4.69) is 43.1 Å². The van der Waals surface area contributed by atoms with Gasteiger partial charge >= 0.3 is 0 Å². The van der Waals surface area contributed by atoms with Crippen molar-refractivity contribution in [3.8, 4) is 22.6 Å². The average Bonchev–Trinajstić information content (AvgIpc) is 2.77. The third-order valence-corrected chi connectivity index (χ3v) is 7.06. The minimum Gasteiger partial charge on any atom is -0.299 e. The number of Topliss-reactive ketones (excluding diaryl/α,β-unsaturated/α-hetero) is 1. The van der Waals surface area contributed by atoms with Crippen LogP contribution in [-0.4, -0.2) is 20.7 Å². The van der Waals surface area contributed by atoms with E-state index in [1.165, 1.54) is 5.56 Å². The van der Waals surface area contributed by atoms with E-state index in [1.54, 1.807) is 12.4 Å². The summed E-state index contributed by atoms with van der Waals surface area (Å²) in [7, 11) is 0. The molecule has 2 aliphatic carbocycles. The summed E-state index contributed by atoms with van der Waals surface area (Å²) >= 11 is 0. The molecule has 29 heavy (non-hydrogen) atoms. The molecule has 4 heteroatoms. The summed E-state index contributed by atoms with van der Waals surface area (Å²) in [5.74, 6) is 1.60. The zero-order valence-corrected chi connectivity index (χ0v) is 16.9. The summed E-state index contributed by atoms with van der Waals surface area (Å²) in [6, 6.07) is 14.3. The van der Waals surface area contributed by atoms with Crippen LogP contribution >= 0.6 is 0 Å². The molecule has 2 aliphatic rings. The molecular weight excluding hydrogens is 358 g/mol. The second-order valence-electron chi connectivity index (χ2n) is 8.64. The van der Waals surface area contributed by atoms with Crippen LogP contribution in [0.3, 0.4) is 0 Å². The molecule has 2 heterocycles. The van der Waals surface area contributed by atoms with Gasteiger partial charge in [0, 0.05) is 46.8 Å². The van der Waals surface area contributed by atoms with Crippen molar-refractivity contribution in [2.75, 3.05) is 0 Å². The smallest absolute Gasteiger partial charge is 0.160 e. The predicted molar refractivity (Wildman–Crippen MR) is 113 cm³/mol. The first-order valence-electron chi connectivity index (χ1n) is 10.5. The average molecular weight is 383 g/mol. The molecule has 5 rings (SSSR count). The number of ketones is 1. The molecule has 1 aromatic carbocycles. The predicted octanol–water partition coefficient (Wildman–Crippen LogP) is 5.02. The van der Waals surface area contributed by atoms with Crippen molar-refractivity contribution in [2.45, 2.75) is 44.9 Å². The van der Waals surface area contributed by atoms with Gasteiger partial charge in [0.2, 0.25) is 0 Å². The maximum Gasteiger partial charge on any atom is 0.160 e. The summed E-state index contributed by atoms with van der Waals surface area (Å²) < 4.78 is 0. The van der Waals surface area contributed by atoms with Gasteiger partial charge in [-0.3, -0.25) is 9.78 Å². The van der Waals surface area contributed by atoms with E-state index in [1.807, 2.05) is 18.2 Å². The molecule has 4 nitrogen and oxygen atoms in total. The molecule has 1 fully saturated rings. The topological polar surface area (TPSA) is 55.7 Å². The Bertz CT molecular complexity index is 1060. The van der Waals surface area contributed by atoms with Crippen LogP contribution in [-0.2, 0) is 16.6 Å². The molecule has 3 aromatic rings. The van der Waals surface area contributed by atoms with Crippen LogP contribution < -0.4 is 0 Å². The quantitative estimate of drug-likeness (QED) is 0.623. The Kier molecular flexibility index (Phi) is 4.30. The van der Waals surface area contributed by atoms with Crippen LogP contribution in [0.25, 0.3) is 22.6 Å². The van der Waals surface area contributed by atoms with E-state index in [9.17, 15) is 4.79 Å². The lowest BCUT2D eigenvalue weighted by Crippen LogP contribution is -2.47. The number of carbonyl (C=O) groups excluding carboxylic acids is 1. The molecule has 0 bridgehead atoms. The fourth-order valence-electron chi connectivity index (χ4n) is 5.39. The standard InChI is InChI=1S/C25H25N3O/c1-16-20-9-8-19-22(17-6-4-3-5-7-17)27-24(18-11-14-26-15-12-18)28-23(19)25(20,2)13-10-21(16)29/h3-7,11-12,14-16,20H,8-10,13H2,1-2H3/t16-,20-,25-/m1/s1. The maximum atomic E-state index is 12.4. The number of aromatic nitrogens is 3. The lowest BCUT2D eigenvalue weighted by atomic mass is 9.56. The zero-order valence-electron chi connectivity index (χ0n) is 16.9. The van der Waals surface area contributed by atoms with E-state index in [4.69, 9.17) is 9.97 Å². The van der Waals surface area contributed by atoms with E-state index < -0.39 is 0 Å². The minimum atomic E-state index is -0.0881. The van der Waals surface area contributed by atoms with Gasteiger partial charge in [0.15, 0.2) is 5.82 Å². The van der Waals surface area contributed by atoms with Crippen molar-refractivity contribution >= 4 is 5.78 Å². The van der Waals surface area contributed by atoms with Crippen molar-refractivity contribution in [3.05, 3.63) is 66.1 Å². The van der Waals surface area contributed by atoms with Crippen molar-refractivity contribution < 1.29 is 4.79 Å². The lowest BCUT2D eigenvalue weighted by Gasteiger charge is -2.48. The molecule has 0 amide bonds. The molecule has 0 unspecified atom stereocenters. The molecule has 0 radical (unpaired) electrons. The monoisotopic (exact) mass is 383 g/mol. The highest BCUT2D eigenvalue weighted by Crippen LogP contribution is 2.52. The Labute approximate surface area is 171 Å². The second kappa shape index (κ2) is 6.87. The summed E-state index contributed by atoms with van der Waals surface area (Å²) in [5.41, 5.74) is 5.46. The van der Waals surface area contributed by atoms with Crippen LogP contribution in [0.15, 0.2) is 54.9 Å². The summed E-state index contributed by atoms with van der Waals surface area (Å²) in [5, 5.41) is 0. The number of hydrogen-bond acceptors (Lipinski definition) is 4. The van der Waals surface area contributed by atoms with E-state index in [0.717, 1.165) is 47.6 Å². The number of fused-ring (bicyclic) bond motifs is 3. The Morgan fingerprint density at radius 2 is 1.72 bits per heavy atom. The number of benzene rings is 1. The molecule has 3 atom stereocenters. The summed E-state index contributed by atoms with van der Waals surface area (Å²) in [6.07, 6.45) is 7.03.